The van der Waals surface area contributed by atoms with Gasteiger partial charge in [-0.1, -0.05) is 62.3 Å². The second-order valence-corrected chi connectivity index (χ2v) is 15.1. The van der Waals surface area contributed by atoms with Crippen molar-refractivity contribution in [3.8, 4) is 0 Å². The summed E-state index contributed by atoms with van der Waals surface area (Å²) >= 11 is 0. The van der Waals surface area contributed by atoms with Crippen LogP contribution in [0.1, 0.15) is 76.2 Å². The maximum atomic E-state index is 10.2. The van der Waals surface area contributed by atoms with Crippen LogP contribution in [-0.4, -0.2) is 24.5 Å². The standard InChI is InChI=1S/C21H40N2OSi/c1-14(2)24-25(12,13)17(23-22)21(20(9,10)11)15(18(3,4)5)16(21)19(6,7)8/h14H,1-13H3. The monoisotopic (exact) mass is 364 g/mol. The van der Waals surface area contributed by atoms with E-state index in [-0.39, 0.29) is 27.8 Å². The van der Waals surface area contributed by atoms with Gasteiger partial charge in [0, 0.05) is 6.10 Å². The largest absolute Gasteiger partial charge is 0.404 e. The molecule has 0 aromatic rings. The van der Waals surface area contributed by atoms with Crippen LogP contribution in [0.3, 0.4) is 0 Å². The van der Waals surface area contributed by atoms with Gasteiger partial charge in [-0.05, 0) is 54.3 Å². The highest BCUT2D eigenvalue weighted by Crippen LogP contribution is 2.73. The van der Waals surface area contributed by atoms with Gasteiger partial charge in [0.1, 0.15) is 5.41 Å². The predicted molar refractivity (Wildman–Crippen MR) is 110 cm³/mol. The van der Waals surface area contributed by atoms with Gasteiger partial charge in [-0.3, -0.25) is 0 Å². The van der Waals surface area contributed by atoms with Crippen LogP contribution in [0.4, 0.5) is 0 Å². The second-order valence-electron chi connectivity index (χ2n) is 11.4. The van der Waals surface area contributed by atoms with Crippen LogP contribution in [0.5, 0.6) is 0 Å². The molecule has 0 radical (unpaired) electrons. The van der Waals surface area contributed by atoms with Crippen molar-refractivity contribution in [1.82, 2.24) is 0 Å². The van der Waals surface area contributed by atoms with E-state index in [1.54, 1.807) is 0 Å². The number of hydrogen-bond donors (Lipinski definition) is 0. The number of hydrogen-bond acceptors (Lipinski definition) is 1. The molecule has 0 aromatic carbocycles. The fraction of sp³-hybridized carbons (Fsp3) is 0.857. The van der Waals surface area contributed by atoms with Crippen molar-refractivity contribution in [1.29, 1.82) is 0 Å². The van der Waals surface area contributed by atoms with Crippen molar-refractivity contribution < 1.29 is 9.22 Å². The zero-order valence-electron chi connectivity index (χ0n) is 18.9. The normalized spacial score (nSPS) is 18.5. The van der Waals surface area contributed by atoms with Gasteiger partial charge < -0.3 is 9.96 Å². The molecule has 4 heteroatoms. The van der Waals surface area contributed by atoms with Crippen molar-refractivity contribution in [3.05, 3.63) is 16.7 Å². The molecule has 0 N–H and O–H groups in total. The fourth-order valence-electron chi connectivity index (χ4n) is 4.79. The van der Waals surface area contributed by atoms with E-state index in [0.29, 0.717) is 0 Å². The summed E-state index contributed by atoms with van der Waals surface area (Å²) in [4.78, 5) is 3.95. The van der Waals surface area contributed by atoms with Crippen molar-refractivity contribution in [2.45, 2.75) is 95.4 Å². The summed E-state index contributed by atoms with van der Waals surface area (Å²) in [6, 6.07) is 0. The molecule has 0 spiro atoms. The van der Waals surface area contributed by atoms with Crippen LogP contribution < -0.4 is 0 Å². The lowest BCUT2D eigenvalue weighted by Crippen LogP contribution is -2.54. The molecule has 0 bridgehead atoms. The lowest BCUT2D eigenvalue weighted by molar-refractivity contribution is -0.0189. The quantitative estimate of drug-likeness (QED) is 0.191. The summed E-state index contributed by atoms with van der Waals surface area (Å²) < 4.78 is 6.36. The number of rotatable bonds is 4. The van der Waals surface area contributed by atoms with Crippen LogP contribution in [0, 0.1) is 21.7 Å². The van der Waals surface area contributed by atoms with Crippen molar-refractivity contribution in [3.63, 3.8) is 0 Å². The molecule has 1 aliphatic carbocycles. The molecule has 0 saturated heterocycles. The van der Waals surface area contributed by atoms with E-state index < -0.39 is 8.32 Å². The van der Waals surface area contributed by atoms with Gasteiger partial charge in [-0.2, -0.15) is 4.79 Å². The Hall–Kier alpha value is -0.703. The highest BCUT2D eigenvalue weighted by Gasteiger charge is 2.74. The summed E-state index contributed by atoms with van der Waals surface area (Å²) in [5, 5.41) is 0.871. The first-order valence-electron chi connectivity index (χ1n) is 9.52. The molecule has 0 heterocycles. The summed E-state index contributed by atoms with van der Waals surface area (Å²) in [5.41, 5.74) is 12.7. The molecule has 0 unspecified atom stereocenters. The Labute approximate surface area is 157 Å². The van der Waals surface area contributed by atoms with Gasteiger partial charge >= 0.3 is 8.32 Å². The second kappa shape index (κ2) is 6.18. The van der Waals surface area contributed by atoms with Crippen LogP contribution in [-0.2, 0) is 4.43 Å². The third-order valence-corrected chi connectivity index (χ3v) is 7.79. The van der Waals surface area contributed by atoms with E-state index in [2.05, 4.69) is 94.0 Å². The molecule has 0 amide bonds. The SMILES string of the molecule is CC(C)O[Si](C)(C)C(=[N+]=[N-])C1(C(C)(C)C)C(C(C)(C)C)=C1C(C)(C)C. The van der Waals surface area contributed by atoms with Crippen molar-refractivity contribution in [2.75, 3.05) is 0 Å². The van der Waals surface area contributed by atoms with E-state index >= 15 is 0 Å². The Morgan fingerprint density at radius 1 is 0.920 bits per heavy atom. The van der Waals surface area contributed by atoms with E-state index in [4.69, 9.17) is 4.43 Å². The molecule has 0 saturated carbocycles. The molecular formula is C21H40N2OSi. The van der Waals surface area contributed by atoms with E-state index in [0.717, 1.165) is 5.33 Å². The number of nitrogens with zero attached hydrogens (tertiary/aromatic N) is 2. The third-order valence-electron chi connectivity index (χ3n) is 5.12. The maximum Gasteiger partial charge on any atom is 0.313 e. The zero-order valence-corrected chi connectivity index (χ0v) is 19.9. The average molecular weight is 365 g/mol. The highest BCUT2D eigenvalue weighted by atomic mass is 28.4. The van der Waals surface area contributed by atoms with Crippen molar-refractivity contribution in [2.24, 2.45) is 21.7 Å². The average Bonchev–Trinajstić information content (AvgIpc) is 2.97. The number of allylic oxidation sites excluding steroid dienone is 2. The molecule has 0 aromatic heterocycles. The summed E-state index contributed by atoms with van der Waals surface area (Å²) in [7, 11) is -2.36. The van der Waals surface area contributed by atoms with Crippen LogP contribution in [0.2, 0.25) is 13.1 Å². The van der Waals surface area contributed by atoms with Gasteiger partial charge in [-0.15, -0.1) is 0 Å². The van der Waals surface area contributed by atoms with Crippen molar-refractivity contribution >= 4 is 13.7 Å². The molecular weight excluding hydrogens is 324 g/mol. The smallest absolute Gasteiger partial charge is 0.313 e. The van der Waals surface area contributed by atoms with Gasteiger partial charge in [0.2, 0.25) is 0 Å². The maximum absolute atomic E-state index is 10.2. The molecule has 144 valence electrons. The minimum Gasteiger partial charge on any atom is -0.404 e. The van der Waals surface area contributed by atoms with E-state index in [1.165, 1.54) is 11.1 Å². The summed E-state index contributed by atoms with van der Waals surface area (Å²) in [5.74, 6) is 0. The molecule has 0 atom stereocenters. The fourth-order valence-corrected chi connectivity index (χ4v) is 7.85. The van der Waals surface area contributed by atoms with Crippen LogP contribution in [0.25, 0.3) is 5.53 Å². The third kappa shape index (κ3) is 3.72. The molecule has 3 nitrogen and oxygen atoms in total. The summed E-state index contributed by atoms with van der Waals surface area (Å²) in [6.45, 7) is 28.9. The van der Waals surface area contributed by atoms with Gasteiger partial charge in [0.15, 0.2) is 0 Å². The topological polar surface area (TPSA) is 45.6 Å². The first-order chi connectivity index (χ1) is 10.8. The Kier molecular flexibility index (Phi) is 5.52. The Morgan fingerprint density at radius 3 is 1.48 bits per heavy atom. The Bertz CT molecular complexity index is 592. The lowest BCUT2D eigenvalue weighted by Gasteiger charge is -2.39. The molecule has 1 aliphatic rings. The van der Waals surface area contributed by atoms with Gasteiger partial charge in [0.25, 0.3) is 5.33 Å². The van der Waals surface area contributed by atoms with E-state index in [1.807, 2.05) is 0 Å². The molecule has 1 rings (SSSR count). The van der Waals surface area contributed by atoms with Crippen LogP contribution >= 0.6 is 0 Å². The Balaban J connectivity index is 3.76. The summed E-state index contributed by atoms with van der Waals surface area (Å²) in [6.07, 6.45) is 0.116. The zero-order chi connectivity index (χ0) is 20.2. The molecule has 0 aliphatic heterocycles. The first kappa shape index (κ1) is 22.3. The first-order valence-corrected chi connectivity index (χ1v) is 12.4. The van der Waals surface area contributed by atoms with Crippen LogP contribution in [0.15, 0.2) is 11.1 Å². The Morgan fingerprint density at radius 2 is 1.28 bits per heavy atom. The predicted octanol–water partition coefficient (Wildman–Crippen LogP) is 6.26. The lowest BCUT2D eigenvalue weighted by atomic mass is 9.67. The van der Waals surface area contributed by atoms with Gasteiger partial charge in [0.05, 0.1) is 0 Å². The minimum absolute atomic E-state index is 0.0220. The van der Waals surface area contributed by atoms with E-state index in [9.17, 15) is 5.53 Å². The minimum atomic E-state index is -2.36. The highest BCUT2D eigenvalue weighted by molar-refractivity contribution is 7.01. The van der Waals surface area contributed by atoms with Gasteiger partial charge in [-0.25, -0.2) is 0 Å². The molecule has 25 heavy (non-hydrogen) atoms. The molecule has 0 fully saturated rings.